The number of aromatic amines is 1. The van der Waals surface area contributed by atoms with Crippen LogP contribution in [0.3, 0.4) is 0 Å². The molecule has 1 aromatic heterocycles. The minimum atomic E-state index is -3.84. The topological polar surface area (TPSA) is 96.1 Å². The van der Waals surface area contributed by atoms with Gasteiger partial charge in [-0.15, -0.1) is 0 Å². The summed E-state index contributed by atoms with van der Waals surface area (Å²) in [5, 5.41) is 2.48. The smallest absolute Gasteiger partial charge is 0.271 e. The van der Waals surface area contributed by atoms with Crippen molar-refractivity contribution in [1.29, 1.82) is 0 Å². The Morgan fingerprint density at radius 2 is 1.83 bits per heavy atom. The van der Waals surface area contributed by atoms with Gasteiger partial charge in [-0.2, -0.15) is 0 Å². The van der Waals surface area contributed by atoms with Crippen LogP contribution in [-0.4, -0.2) is 24.1 Å². The van der Waals surface area contributed by atoms with Crippen LogP contribution in [0.2, 0.25) is 0 Å². The SMILES string of the molecule is Cc1ccc(S(=O)(=O)C2(C(=O)Nc3ccc[nH]c3=O)CCC2)cc1. The standard InChI is InChI=1S/C17H18N2O4S/c1-12-5-7-13(8-6-12)24(22,23)17(9-3-10-17)16(21)19-14-4-2-11-18-15(14)20/h2,4-8,11H,3,9-10H2,1H3,(H,18,20)(H,19,21). The van der Waals surface area contributed by atoms with E-state index in [9.17, 15) is 18.0 Å². The molecule has 0 saturated heterocycles. The normalized spacial score (nSPS) is 16.2. The zero-order valence-corrected chi connectivity index (χ0v) is 14.0. The Morgan fingerprint density at radius 1 is 1.17 bits per heavy atom. The van der Waals surface area contributed by atoms with Crippen molar-refractivity contribution in [3.8, 4) is 0 Å². The van der Waals surface area contributed by atoms with Crippen molar-refractivity contribution in [2.75, 3.05) is 5.32 Å². The fraction of sp³-hybridized carbons (Fsp3) is 0.294. The van der Waals surface area contributed by atoms with E-state index in [0.717, 1.165) is 5.56 Å². The van der Waals surface area contributed by atoms with Crippen molar-refractivity contribution in [1.82, 2.24) is 4.98 Å². The number of hydrogen-bond donors (Lipinski definition) is 2. The molecule has 6 nitrogen and oxygen atoms in total. The summed E-state index contributed by atoms with van der Waals surface area (Å²) in [7, 11) is -3.84. The third kappa shape index (κ3) is 2.54. The van der Waals surface area contributed by atoms with E-state index in [1.165, 1.54) is 24.4 Å². The number of amides is 1. The molecule has 1 fully saturated rings. The van der Waals surface area contributed by atoms with Gasteiger partial charge in [0.2, 0.25) is 5.91 Å². The van der Waals surface area contributed by atoms with Crippen LogP contribution in [0.4, 0.5) is 5.69 Å². The molecular formula is C17H18N2O4S. The van der Waals surface area contributed by atoms with E-state index >= 15 is 0 Å². The van der Waals surface area contributed by atoms with Crippen LogP contribution in [-0.2, 0) is 14.6 Å². The molecule has 2 aromatic rings. The summed E-state index contributed by atoms with van der Waals surface area (Å²) in [4.78, 5) is 27.0. The number of hydrogen-bond acceptors (Lipinski definition) is 4. The molecule has 1 heterocycles. The zero-order chi connectivity index (χ0) is 17.4. The first-order chi connectivity index (χ1) is 11.4. The lowest BCUT2D eigenvalue weighted by Gasteiger charge is -2.39. The molecule has 1 aliphatic rings. The van der Waals surface area contributed by atoms with E-state index in [4.69, 9.17) is 0 Å². The second kappa shape index (κ2) is 5.90. The maximum absolute atomic E-state index is 13.0. The van der Waals surface area contributed by atoms with Crippen LogP contribution < -0.4 is 10.9 Å². The molecule has 1 saturated carbocycles. The molecule has 1 aromatic carbocycles. The fourth-order valence-corrected chi connectivity index (χ4v) is 4.88. The number of anilines is 1. The van der Waals surface area contributed by atoms with Crippen molar-refractivity contribution in [2.45, 2.75) is 35.8 Å². The number of rotatable bonds is 4. The van der Waals surface area contributed by atoms with Gasteiger partial charge in [-0.1, -0.05) is 17.7 Å². The van der Waals surface area contributed by atoms with Crippen molar-refractivity contribution >= 4 is 21.4 Å². The average molecular weight is 346 g/mol. The van der Waals surface area contributed by atoms with Crippen molar-refractivity contribution in [3.05, 3.63) is 58.5 Å². The molecule has 3 rings (SSSR count). The first kappa shape index (κ1) is 16.4. The van der Waals surface area contributed by atoms with Gasteiger partial charge >= 0.3 is 0 Å². The number of aromatic nitrogens is 1. The maximum atomic E-state index is 13.0. The summed E-state index contributed by atoms with van der Waals surface area (Å²) in [5.41, 5.74) is 0.526. The van der Waals surface area contributed by atoms with E-state index in [1.54, 1.807) is 18.2 Å². The van der Waals surface area contributed by atoms with E-state index in [2.05, 4.69) is 10.3 Å². The summed E-state index contributed by atoms with van der Waals surface area (Å²) in [6.45, 7) is 1.86. The van der Waals surface area contributed by atoms with E-state index in [0.29, 0.717) is 6.42 Å². The number of pyridine rings is 1. The van der Waals surface area contributed by atoms with Gasteiger partial charge in [0.15, 0.2) is 14.6 Å². The molecule has 0 radical (unpaired) electrons. The highest BCUT2D eigenvalue weighted by atomic mass is 32.2. The second-order valence-electron chi connectivity index (χ2n) is 6.03. The fourth-order valence-electron chi connectivity index (χ4n) is 2.81. The molecule has 1 aliphatic carbocycles. The van der Waals surface area contributed by atoms with Gasteiger partial charge in [-0.05, 0) is 50.5 Å². The molecule has 1 amide bonds. The van der Waals surface area contributed by atoms with Crippen molar-refractivity contribution in [2.24, 2.45) is 0 Å². The van der Waals surface area contributed by atoms with Crippen LogP contribution in [0.15, 0.2) is 52.3 Å². The largest absolute Gasteiger partial charge is 0.327 e. The number of sulfone groups is 1. The predicted molar refractivity (Wildman–Crippen MR) is 90.6 cm³/mol. The molecule has 0 atom stereocenters. The Balaban J connectivity index is 1.97. The third-order valence-corrected chi connectivity index (χ3v) is 7.00. The maximum Gasteiger partial charge on any atom is 0.271 e. The van der Waals surface area contributed by atoms with Crippen LogP contribution >= 0.6 is 0 Å². The van der Waals surface area contributed by atoms with Gasteiger partial charge < -0.3 is 10.3 Å². The van der Waals surface area contributed by atoms with Crippen molar-refractivity contribution < 1.29 is 13.2 Å². The summed E-state index contributed by atoms with van der Waals surface area (Å²) in [6, 6.07) is 9.47. The Bertz CT molecular complexity index is 926. The number of benzene rings is 1. The lowest BCUT2D eigenvalue weighted by atomic mass is 9.83. The molecule has 7 heteroatoms. The number of H-pyrrole nitrogens is 1. The Morgan fingerprint density at radius 3 is 2.38 bits per heavy atom. The summed E-state index contributed by atoms with van der Waals surface area (Å²) >= 11 is 0. The summed E-state index contributed by atoms with van der Waals surface area (Å²) < 4.78 is 24.5. The van der Waals surface area contributed by atoms with E-state index in [1.807, 2.05) is 6.92 Å². The van der Waals surface area contributed by atoms with Gasteiger partial charge in [0.25, 0.3) is 5.56 Å². The van der Waals surface area contributed by atoms with E-state index < -0.39 is 26.1 Å². The highest BCUT2D eigenvalue weighted by Crippen LogP contribution is 2.43. The lowest BCUT2D eigenvalue weighted by Crippen LogP contribution is -2.55. The van der Waals surface area contributed by atoms with Crippen LogP contribution in [0.25, 0.3) is 0 Å². The Hall–Kier alpha value is -2.41. The molecule has 2 N–H and O–H groups in total. The van der Waals surface area contributed by atoms with Crippen molar-refractivity contribution in [3.63, 3.8) is 0 Å². The summed E-state index contributed by atoms with van der Waals surface area (Å²) in [6.07, 6.45) is 2.60. The molecule has 0 bridgehead atoms. The minimum absolute atomic E-state index is 0.0490. The average Bonchev–Trinajstić information content (AvgIpc) is 2.48. The molecule has 0 aliphatic heterocycles. The van der Waals surface area contributed by atoms with Gasteiger partial charge in [0.1, 0.15) is 5.69 Å². The highest BCUT2D eigenvalue weighted by Gasteiger charge is 2.55. The van der Waals surface area contributed by atoms with Crippen LogP contribution in [0, 0.1) is 6.92 Å². The monoisotopic (exact) mass is 346 g/mol. The molecule has 0 unspecified atom stereocenters. The quantitative estimate of drug-likeness (QED) is 0.885. The first-order valence-electron chi connectivity index (χ1n) is 7.67. The van der Waals surface area contributed by atoms with E-state index in [-0.39, 0.29) is 23.4 Å². The lowest BCUT2D eigenvalue weighted by molar-refractivity contribution is -0.120. The first-order valence-corrected chi connectivity index (χ1v) is 9.16. The Labute approximate surface area is 139 Å². The number of aryl methyl sites for hydroxylation is 1. The summed E-state index contributed by atoms with van der Waals surface area (Å²) in [5.74, 6) is -0.647. The molecule has 0 spiro atoms. The number of nitrogens with one attached hydrogen (secondary N) is 2. The van der Waals surface area contributed by atoms with Gasteiger partial charge in [0.05, 0.1) is 4.90 Å². The number of carbonyl (C=O) groups is 1. The van der Waals surface area contributed by atoms with Gasteiger partial charge in [-0.25, -0.2) is 8.42 Å². The van der Waals surface area contributed by atoms with Gasteiger partial charge in [-0.3, -0.25) is 9.59 Å². The Kier molecular flexibility index (Phi) is 4.04. The number of carbonyl (C=O) groups excluding carboxylic acids is 1. The van der Waals surface area contributed by atoms with Crippen LogP contribution in [0.1, 0.15) is 24.8 Å². The molecular weight excluding hydrogens is 328 g/mol. The third-order valence-electron chi connectivity index (χ3n) is 4.49. The predicted octanol–water partition coefficient (Wildman–Crippen LogP) is 2.02. The second-order valence-corrected chi connectivity index (χ2v) is 8.29. The van der Waals surface area contributed by atoms with Gasteiger partial charge in [0, 0.05) is 6.20 Å². The zero-order valence-electron chi connectivity index (χ0n) is 13.2. The van der Waals surface area contributed by atoms with Crippen LogP contribution in [0.5, 0.6) is 0 Å². The highest BCUT2D eigenvalue weighted by molar-refractivity contribution is 7.93. The minimum Gasteiger partial charge on any atom is -0.327 e. The molecule has 126 valence electrons. The molecule has 24 heavy (non-hydrogen) atoms.